The van der Waals surface area contributed by atoms with Crippen LogP contribution >= 0.6 is 11.8 Å². The molecule has 162 valence electrons. The van der Waals surface area contributed by atoms with E-state index in [-0.39, 0.29) is 11.7 Å². The van der Waals surface area contributed by atoms with E-state index in [0.717, 1.165) is 44.9 Å². The number of carbonyl (C=O) groups excluding carboxylic acids is 1. The third kappa shape index (κ3) is 5.12. The first-order valence-electron chi connectivity index (χ1n) is 10.0. The van der Waals surface area contributed by atoms with E-state index in [2.05, 4.69) is 10.3 Å². The number of rotatable bonds is 8. The molecule has 0 bridgehead atoms. The monoisotopic (exact) mass is 445 g/mol. The first kappa shape index (κ1) is 21.5. The number of hydrogen-bond donors (Lipinski definition) is 2. The fraction of sp³-hybridized carbons (Fsp3) is 0.120. The number of nitrogens with one attached hydrogen (secondary N) is 2. The zero-order chi connectivity index (χ0) is 22.3. The molecule has 0 saturated carbocycles. The summed E-state index contributed by atoms with van der Waals surface area (Å²) in [5.74, 6) is 2.41. The molecule has 32 heavy (non-hydrogen) atoms. The molecule has 1 aromatic heterocycles. The van der Waals surface area contributed by atoms with Gasteiger partial charge in [-0.2, -0.15) is 0 Å². The van der Waals surface area contributed by atoms with Crippen LogP contribution in [0.1, 0.15) is 0 Å². The number of hydrogen-bond acceptors (Lipinski definition) is 5. The maximum atomic E-state index is 12.5. The van der Waals surface area contributed by atoms with Gasteiger partial charge in [0.2, 0.25) is 5.91 Å². The Hall–Kier alpha value is -3.71. The van der Waals surface area contributed by atoms with Crippen LogP contribution in [-0.4, -0.2) is 35.8 Å². The molecule has 0 atom stereocenters. The van der Waals surface area contributed by atoms with Gasteiger partial charge in [0.25, 0.3) is 0 Å². The summed E-state index contributed by atoms with van der Waals surface area (Å²) in [6.45, 7) is 0. The number of anilines is 1. The zero-order valence-electron chi connectivity index (χ0n) is 17.8. The molecule has 0 fully saturated rings. The number of nitrogens with zero attached hydrogens (tertiary/aromatic N) is 1. The van der Waals surface area contributed by atoms with Gasteiger partial charge in [0.05, 0.1) is 25.7 Å². The van der Waals surface area contributed by atoms with E-state index in [1.54, 1.807) is 14.2 Å². The van der Waals surface area contributed by atoms with Crippen molar-refractivity contribution in [3.05, 3.63) is 78.9 Å². The molecule has 0 unspecified atom stereocenters. The van der Waals surface area contributed by atoms with Gasteiger partial charge in [0, 0.05) is 16.8 Å². The van der Waals surface area contributed by atoms with Crippen molar-refractivity contribution in [2.45, 2.75) is 5.03 Å². The highest BCUT2D eigenvalue weighted by atomic mass is 32.2. The van der Waals surface area contributed by atoms with Gasteiger partial charge in [-0.3, -0.25) is 4.79 Å². The Morgan fingerprint density at radius 3 is 2.12 bits per heavy atom. The molecule has 0 radical (unpaired) electrons. The molecule has 0 aliphatic rings. The minimum atomic E-state index is -0.106. The molecule has 2 N–H and O–H groups in total. The van der Waals surface area contributed by atoms with Gasteiger partial charge in [-0.15, -0.1) is 0 Å². The lowest BCUT2D eigenvalue weighted by molar-refractivity contribution is -0.113. The smallest absolute Gasteiger partial charge is 0.234 e. The van der Waals surface area contributed by atoms with Gasteiger partial charge in [-0.1, -0.05) is 42.1 Å². The van der Waals surface area contributed by atoms with Crippen LogP contribution in [-0.2, 0) is 4.79 Å². The molecule has 4 rings (SSSR count). The van der Waals surface area contributed by atoms with Crippen molar-refractivity contribution in [1.82, 2.24) is 9.97 Å². The van der Waals surface area contributed by atoms with Crippen LogP contribution in [0.15, 0.2) is 83.9 Å². The molecule has 3 aromatic carbocycles. The summed E-state index contributed by atoms with van der Waals surface area (Å²) < 4.78 is 10.4. The van der Waals surface area contributed by atoms with Gasteiger partial charge in [0.15, 0.2) is 0 Å². The maximum Gasteiger partial charge on any atom is 0.234 e. The number of aromatic nitrogens is 2. The van der Waals surface area contributed by atoms with E-state index < -0.39 is 0 Å². The molecule has 1 heterocycles. The predicted octanol–water partition coefficient (Wildman–Crippen LogP) is 5.49. The van der Waals surface area contributed by atoms with Crippen molar-refractivity contribution in [1.29, 1.82) is 0 Å². The van der Waals surface area contributed by atoms with Gasteiger partial charge < -0.3 is 19.8 Å². The number of imidazole rings is 1. The number of thioether (sulfide) groups is 1. The Balaban J connectivity index is 1.54. The van der Waals surface area contributed by atoms with Crippen molar-refractivity contribution < 1.29 is 14.3 Å². The number of aromatic amines is 1. The number of amides is 1. The number of methoxy groups -OCH3 is 2. The lowest BCUT2D eigenvalue weighted by Gasteiger charge is -2.07. The van der Waals surface area contributed by atoms with Gasteiger partial charge in [-0.05, 0) is 48.5 Å². The maximum absolute atomic E-state index is 12.5. The van der Waals surface area contributed by atoms with Crippen molar-refractivity contribution in [3.8, 4) is 34.1 Å². The van der Waals surface area contributed by atoms with Crippen LogP contribution in [0.4, 0.5) is 5.69 Å². The fourth-order valence-electron chi connectivity index (χ4n) is 3.15. The topological polar surface area (TPSA) is 76.2 Å². The number of benzene rings is 3. The Morgan fingerprint density at radius 1 is 0.875 bits per heavy atom. The summed E-state index contributed by atoms with van der Waals surface area (Å²) in [7, 11) is 3.25. The van der Waals surface area contributed by atoms with Crippen molar-refractivity contribution in [2.75, 3.05) is 25.3 Å². The molecule has 7 heteroatoms. The van der Waals surface area contributed by atoms with Crippen molar-refractivity contribution in [2.24, 2.45) is 0 Å². The summed E-state index contributed by atoms with van der Waals surface area (Å²) in [6, 6.07) is 24.9. The standard InChI is InChI=1S/C25H23N3O3S/c1-30-20-12-8-17(9-13-20)23-25(28-24(27-23)18-6-4-3-5-7-18)32-16-22(29)26-19-10-14-21(31-2)15-11-19/h3-15H,16H2,1-2H3,(H,26,29)(H,27,28). The van der Waals surface area contributed by atoms with E-state index in [1.807, 2.05) is 78.9 Å². The van der Waals surface area contributed by atoms with Gasteiger partial charge >= 0.3 is 0 Å². The highest BCUT2D eigenvalue weighted by Gasteiger charge is 2.16. The summed E-state index contributed by atoms with van der Waals surface area (Å²) in [4.78, 5) is 20.7. The van der Waals surface area contributed by atoms with E-state index >= 15 is 0 Å². The first-order chi connectivity index (χ1) is 15.7. The average Bonchev–Trinajstić information content (AvgIpc) is 3.28. The second-order valence-electron chi connectivity index (χ2n) is 6.93. The Morgan fingerprint density at radius 2 is 1.50 bits per heavy atom. The largest absolute Gasteiger partial charge is 0.497 e. The van der Waals surface area contributed by atoms with Crippen LogP contribution in [0.2, 0.25) is 0 Å². The van der Waals surface area contributed by atoms with E-state index in [0.29, 0.717) is 0 Å². The van der Waals surface area contributed by atoms with Crippen molar-refractivity contribution in [3.63, 3.8) is 0 Å². The minimum Gasteiger partial charge on any atom is -0.497 e. The first-order valence-corrected chi connectivity index (χ1v) is 11.0. The van der Waals surface area contributed by atoms with Crippen LogP contribution in [0.25, 0.3) is 22.6 Å². The predicted molar refractivity (Wildman–Crippen MR) is 128 cm³/mol. The van der Waals surface area contributed by atoms with Crippen LogP contribution in [0.5, 0.6) is 11.5 Å². The number of H-pyrrole nitrogens is 1. The Bertz CT molecular complexity index is 1170. The second-order valence-corrected chi connectivity index (χ2v) is 7.89. The quantitative estimate of drug-likeness (QED) is 0.351. The molecular weight excluding hydrogens is 422 g/mol. The van der Waals surface area contributed by atoms with Crippen LogP contribution in [0, 0.1) is 0 Å². The molecule has 0 aliphatic heterocycles. The second kappa shape index (κ2) is 10.1. The molecule has 0 spiro atoms. The lowest BCUT2D eigenvalue weighted by Crippen LogP contribution is -2.14. The van der Waals surface area contributed by atoms with E-state index in [1.165, 1.54) is 11.8 Å². The summed E-state index contributed by atoms with van der Waals surface area (Å²) in [5.41, 5.74) is 3.54. The number of ether oxygens (including phenoxy) is 2. The third-order valence-corrected chi connectivity index (χ3v) is 5.79. The SMILES string of the molecule is COc1ccc(NC(=O)CSc2nc(-c3ccccc3)[nH]c2-c2ccc(OC)cc2)cc1. The zero-order valence-corrected chi connectivity index (χ0v) is 18.6. The number of carbonyl (C=O) groups is 1. The van der Waals surface area contributed by atoms with Crippen molar-refractivity contribution >= 4 is 23.4 Å². The fourth-order valence-corrected chi connectivity index (χ4v) is 3.96. The molecule has 0 saturated heterocycles. The summed E-state index contributed by atoms with van der Waals surface area (Å²) in [6.07, 6.45) is 0. The lowest BCUT2D eigenvalue weighted by atomic mass is 10.1. The summed E-state index contributed by atoms with van der Waals surface area (Å²) >= 11 is 1.39. The van der Waals surface area contributed by atoms with Gasteiger partial charge in [0.1, 0.15) is 22.3 Å². The van der Waals surface area contributed by atoms with Gasteiger partial charge in [-0.25, -0.2) is 4.98 Å². The molecular formula is C25H23N3O3S. The average molecular weight is 446 g/mol. The van der Waals surface area contributed by atoms with Crippen LogP contribution < -0.4 is 14.8 Å². The highest BCUT2D eigenvalue weighted by Crippen LogP contribution is 2.33. The molecule has 6 nitrogen and oxygen atoms in total. The molecule has 1 amide bonds. The van der Waals surface area contributed by atoms with E-state index in [9.17, 15) is 4.79 Å². The molecule has 0 aliphatic carbocycles. The Labute approximate surface area is 191 Å². The molecule has 4 aromatic rings. The summed E-state index contributed by atoms with van der Waals surface area (Å²) in [5, 5.41) is 3.67. The highest BCUT2D eigenvalue weighted by molar-refractivity contribution is 8.00. The van der Waals surface area contributed by atoms with E-state index in [4.69, 9.17) is 14.5 Å². The normalized spacial score (nSPS) is 10.6. The van der Waals surface area contributed by atoms with Crippen LogP contribution in [0.3, 0.4) is 0 Å². The Kier molecular flexibility index (Phi) is 6.77. The minimum absolute atomic E-state index is 0.106. The third-order valence-electron chi connectivity index (χ3n) is 4.81.